The number of halogens is 3. The summed E-state index contributed by atoms with van der Waals surface area (Å²) in [5.41, 5.74) is 4.46. The van der Waals surface area contributed by atoms with Crippen molar-refractivity contribution >= 4 is 21.7 Å². The molecule has 0 fully saturated rings. The van der Waals surface area contributed by atoms with Crippen LogP contribution in [0.1, 0.15) is 0 Å². The summed E-state index contributed by atoms with van der Waals surface area (Å²) in [6.07, 6.45) is 1.78. The summed E-state index contributed by atoms with van der Waals surface area (Å²) < 4.78 is 64.5. The van der Waals surface area contributed by atoms with E-state index in [1.54, 1.807) is 4.72 Å². The van der Waals surface area contributed by atoms with E-state index in [1.165, 1.54) is 0 Å². The molecule has 10 heteroatoms. The van der Waals surface area contributed by atoms with E-state index in [2.05, 4.69) is 9.97 Å². The van der Waals surface area contributed by atoms with E-state index in [9.17, 15) is 21.6 Å². The molecule has 0 atom stereocenters. The van der Waals surface area contributed by atoms with Gasteiger partial charge in [-0.25, -0.2) is 31.6 Å². The van der Waals surface area contributed by atoms with Crippen LogP contribution in [0.5, 0.6) is 0 Å². The van der Waals surface area contributed by atoms with Crippen LogP contribution in [-0.4, -0.2) is 18.4 Å². The highest BCUT2D eigenvalue weighted by atomic mass is 32.2. The average molecular weight is 304 g/mol. The molecule has 0 amide bonds. The van der Waals surface area contributed by atoms with Gasteiger partial charge < -0.3 is 5.73 Å². The maximum absolute atomic E-state index is 13.4. The Morgan fingerprint density at radius 2 is 1.55 bits per heavy atom. The summed E-state index contributed by atoms with van der Waals surface area (Å²) in [7, 11) is -4.24. The van der Waals surface area contributed by atoms with E-state index < -0.39 is 38.1 Å². The molecule has 0 bridgehead atoms. The van der Waals surface area contributed by atoms with Crippen LogP contribution < -0.4 is 10.5 Å². The maximum Gasteiger partial charge on any atom is 0.265 e. The molecule has 6 nitrogen and oxygen atoms in total. The van der Waals surface area contributed by atoms with Crippen molar-refractivity contribution < 1.29 is 21.6 Å². The SMILES string of the molecule is Nc1ncc(S(=O)(=O)Nc2cc(F)c(F)cc2F)cn1. The van der Waals surface area contributed by atoms with Crippen LogP contribution >= 0.6 is 0 Å². The van der Waals surface area contributed by atoms with Gasteiger partial charge >= 0.3 is 0 Å². The molecule has 0 radical (unpaired) electrons. The Hall–Kier alpha value is -2.36. The van der Waals surface area contributed by atoms with E-state index in [-0.39, 0.29) is 12.0 Å². The summed E-state index contributed by atoms with van der Waals surface area (Å²) >= 11 is 0. The lowest BCUT2D eigenvalue weighted by Crippen LogP contribution is -2.15. The van der Waals surface area contributed by atoms with E-state index in [1.807, 2.05) is 0 Å². The zero-order chi connectivity index (χ0) is 14.9. The van der Waals surface area contributed by atoms with Crippen molar-refractivity contribution in [3.05, 3.63) is 42.0 Å². The topological polar surface area (TPSA) is 98.0 Å². The van der Waals surface area contributed by atoms with Gasteiger partial charge in [0, 0.05) is 12.1 Å². The second-order valence-electron chi connectivity index (χ2n) is 3.63. The Labute approximate surface area is 111 Å². The first-order valence-electron chi connectivity index (χ1n) is 5.04. The van der Waals surface area contributed by atoms with E-state index in [0.717, 1.165) is 12.4 Å². The molecular weight excluding hydrogens is 297 g/mol. The number of sulfonamides is 1. The molecule has 2 rings (SSSR count). The van der Waals surface area contributed by atoms with Gasteiger partial charge in [-0.05, 0) is 0 Å². The standard InChI is InChI=1S/C10H7F3N4O2S/c11-6-1-8(13)9(2-7(6)12)17-20(18,19)5-3-15-10(14)16-4-5/h1-4,17H,(H2,14,15,16). The quantitative estimate of drug-likeness (QED) is 0.832. The minimum Gasteiger partial charge on any atom is -0.368 e. The lowest BCUT2D eigenvalue weighted by molar-refractivity contribution is 0.496. The lowest BCUT2D eigenvalue weighted by Gasteiger charge is -2.09. The summed E-state index contributed by atoms with van der Waals surface area (Å²) in [6, 6.07) is 0.618. The molecule has 1 heterocycles. The normalized spacial score (nSPS) is 11.3. The minimum atomic E-state index is -4.24. The molecule has 20 heavy (non-hydrogen) atoms. The van der Waals surface area contributed by atoms with Crippen molar-refractivity contribution in [3.8, 4) is 0 Å². The molecular formula is C10H7F3N4O2S. The smallest absolute Gasteiger partial charge is 0.265 e. The van der Waals surface area contributed by atoms with Gasteiger partial charge in [0.25, 0.3) is 10.0 Å². The molecule has 2 aromatic rings. The highest BCUT2D eigenvalue weighted by Gasteiger charge is 2.19. The van der Waals surface area contributed by atoms with Crippen molar-refractivity contribution in [3.63, 3.8) is 0 Å². The van der Waals surface area contributed by atoms with Gasteiger partial charge in [-0.3, -0.25) is 4.72 Å². The first-order chi connectivity index (χ1) is 9.29. The van der Waals surface area contributed by atoms with Crippen LogP contribution in [0.3, 0.4) is 0 Å². The van der Waals surface area contributed by atoms with Crippen LogP contribution in [0, 0.1) is 17.5 Å². The number of anilines is 2. The van der Waals surface area contributed by atoms with E-state index in [0.29, 0.717) is 6.07 Å². The number of nitrogens with two attached hydrogens (primary N) is 1. The molecule has 0 spiro atoms. The zero-order valence-electron chi connectivity index (χ0n) is 9.64. The molecule has 1 aromatic carbocycles. The summed E-state index contributed by atoms with van der Waals surface area (Å²) in [5.74, 6) is -4.23. The van der Waals surface area contributed by atoms with Crippen LogP contribution in [-0.2, 0) is 10.0 Å². The van der Waals surface area contributed by atoms with Crippen molar-refractivity contribution in [2.24, 2.45) is 0 Å². The molecule has 0 unspecified atom stereocenters. The van der Waals surface area contributed by atoms with Crippen molar-refractivity contribution in [1.82, 2.24) is 9.97 Å². The highest BCUT2D eigenvalue weighted by molar-refractivity contribution is 7.92. The average Bonchev–Trinajstić information content (AvgIpc) is 2.36. The first-order valence-corrected chi connectivity index (χ1v) is 6.53. The number of rotatable bonds is 3. The lowest BCUT2D eigenvalue weighted by atomic mass is 10.3. The van der Waals surface area contributed by atoms with Crippen LogP contribution in [0.4, 0.5) is 24.8 Å². The first kappa shape index (κ1) is 14.1. The molecule has 0 saturated heterocycles. The number of nitrogens with one attached hydrogen (secondary N) is 1. The van der Waals surface area contributed by atoms with E-state index >= 15 is 0 Å². The number of aromatic nitrogens is 2. The monoisotopic (exact) mass is 304 g/mol. The highest BCUT2D eigenvalue weighted by Crippen LogP contribution is 2.21. The van der Waals surface area contributed by atoms with Gasteiger partial charge in [-0.2, -0.15) is 0 Å². The minimum absolute atomic E-state index is 0.150. The third-order valence-electron chi connectivity index (χ3n) is 2.21. The predicted molar refractivity (Wildman–Crippen MR) is 63.6 cm³/mol. The molecule has 106 valence electrons. The maximum atomic E-state index is 13.4. The predicted octanol–water partition coefficient (Wildman–Crippen LogP) is 1.28. The van der Waals surface area contributed by atoms with Gasteiger partial charge in [0.1, 0.15) is 10.7 Å². The van der Waals surface area contributed by atoms with Crippen molar-refractivity contribution in [2.75, 3.05) is 10.5 Å². The number of nitrogens with zero attached hydrogens (tertiary/aromatic N) is 2. The fourth-order valence-electron chi connectivity index (χ4n) is 1.27. The van der Waals surface area contributed by atoms with Crippen molar-refractivity contribution in [1.29, 1.82) is 0 Å². The van der Waals surface area contributed by atoms with Gasteiger partial charge in [-0.1, -0.05) is 0 Å². The third-order valence-corrected chi connectivity index (χ3v) is 3.53. The third kappa shape index (κ3) is 2.79. The second kappa shape index (κ2) is 4.96. The van der Waals surface area contributed by atoms with Crippen LogP contribution in [0.2, 0.25) is 0 Å². The van der Waals surface area contributed by atoms with Gasteiger partial charge in [0.2, 0.25) is 5.95 Å². The fourth-order valence-corrected chi connectivity index (χ4v) is 2.22. The van der Waals surface area contributed by atoms with Gasteiger partial charge in [0.15, 0.2) is 11.6 Å². The molecule has 0 aliphatic carbocycles. The Kier molecular flexibility index (Phi) is 3.49. The number of hydrogen-bond donors (Lipinski definition) is 2. The summed E-state index contributed by atoms with van der Waals surface area (Å²) in [4.78, 5) is 6.51. The fraction of sp³-hybridized carbons (Fsp3) is 0. The number of hydrogen-bond acceptors (Lipinski definition) is 5. The molecule has 1 aromatic heterocycles. The zero-order valence-corrected chi connectivity index (χ0v) is 10.5. The second-order valence-corrected chi connectivity index (χ2v) is 5.31. The van der Waals surface area contributed by atoms with Crippen LogP contribution in [0.15, 0.2) is 29.4 Å². The van der Waals surface area contributed by atoms with Crippen LogP contribution in [0.25, 0.3) is 0 Å². The molecule has 0 aliphatic heterocycles. The Bertz CT molecular complexity index is 750. The van der Waals surface area contributed by atoms with Gasteiger partial charge in [-0.15, -0.1) is 0 Å². The molecule has 3 N–H and O–H groups in total. The summed E-state index contributed by atoms with van der Waals surface area (Å²) in [5, 5.41) is 0. The summed E-state index contributed by atoms with van der Waals surface area (Å²) in [6.45, 7) is 0. The Morgan fingerprint density at radius 1 is 1.00 bits per heavy atom. The molecule has 0 saturated carbocycles. The number of nitrogen functional groups attached to an aromatic ring is 1. The largest absolute Gasteiger partial charge is 0.368 e. The van der Waals surface area contributed by atoms with Crippen molar-refractivity contribution in [2.45, 2.75) is 4.90 Å². The van der Waals surface area contributed by atoms with Gasteiger partial charge in [0.05, 0.1) is 18.1 Å². The molecule has 0 aliphatic rings. The Morgan fingerprint density at radius 3 is 2.15 bits per heavy atom. The number of benzene rings is 1. The van der Waals surface area contributed by atoms with E-state index in [4.69, 9.17) is 5.73 Å². The Balaban J connectivity index is 2.38.